The van der Waals surface area contributed by atoms with Gasteiger partial charge in [-0.2, -0.15) is 4.98 Å². The molecule has 0 amide bonds. The Morgan fingerprint density at radius 2 is 1.74 bits per heavy atom. The van der Waals surface area contributed by atoms with E-state index in [0.29, 0.717) is 34.1 Å². The largest absolute Gasteiger partial charge is 1.00 e. The number of methoxy groups -OCH3 is 1. The number of nitrogens with one attached hydrogen (secondary N) is 1. The van der Waals surface area contributed by atoms with Gasteiger partial charge in [-0.15, -0.1) is 0 Å². The molecule has 8 nitrogen and oxygen atoms in total. The number of unbranched alkanes of at least 4 members (excludes halogenated alkanes) is 1. The molecule has 11 heteroatoms. The van der Waals surface area contributed by atoms with Crippen LogP contribution in [0.4, 0.5) is 0 Å². The van der Waals surface area contributed by atoms with E-state index in [1.54, 1.807) is 36.4 Å². The summed E-state index contributed by atoms with van der Waals surface area (Å²) in [4.78, 5) is 31.3. The second-order valence-corrected chi connectivity index (χ2v) is 7.76. The molecular formula is C23H27Cl3N4O4. The van der Waals surface area contributed by atoms with Crippen molar-refractivity contribution in [3.05, 3.63) is 64.0 Å². The maximum Gasteiger partial charge on any atom is 0.370 e. The fourth-order valence-electron chi connectivity index (χ4n) is 3.18. The monoisotopic (exact) mass is 528 g/mol. The predicted octanol–water partition coefficient (Wildman–Crippen LogP) is -4.30. The van der Waals surface area contributed by atoms with E-state index in [4.69, 9.17) is 21.1 Å². The highest BCUT2D eigenvalue weighted by molar-refractivity contribution is 6.30. The van der Waals surface area contributed by atoms with Crippen molar-refractivity contribution in [3.63, 3.8) is 0 Å². The van der Waals surface area contributed by atoms with Crippen LogP contribution in [0.25, 0.3) is 22.5 Å². The first-order valence-electron chi connectivity index (χ1n) is 10.3. The molecule has 34 heavy (non-hydrogen) atoms. The third kappa shape index (κ3) is 7.72. The zero-order valence-electron chi connectivity index (χ0n) is 18.7. The van der Waals surface area contributed by atoms with Gasteiger partial charge < -0.3 is 50.7 Å². The molecule has 0 saturated heterocycles. The van der Waals surface area contributed by atoms with Crippen molar-refractivity contribution < 1.29 is 50.5 Å². The van der Waals surface area contributed by atoms with Gasteiger partial charge in [-0.3, -0.25) is 0 Å². The van der Waals surface area contributed by atoms with Gasteiger partial charge in [0.25, 0.3) is 0 Å². The summed E-state index contributed by atoms with van der Waals surface area (Å²) in [5, 5.41) is 0.604. The Labute approximate surface area is 214 Å². The summed E-state index contributed by atoms with van der Waals surface area (Å²) >= 11 is 5.95. The van der Waals surface area contributed by atoms with Crippen LogP contribution in [0.15, 0.2) is 53.3 Å². The molecule has 0 spiro atoms. The maximum absolute atomic E-state index is 12.4. The van der Waals surface area contributed by atoms with Gasteiger partial charge in [-0.1, -0.05) is 23.7 Å². The molecule has 0 fully saturated rings. The van der Waals surface area contributed by atoms with Crippen LogP contribution >= 0.6 is 11.6 Å². The van der Waals surface area contributed by atoms with Gasteiger partial charge >= 0.3 is 11.7 Å². The fraction of sp³-hybridized carbons (Fsp3) is 0.261. The summed E-state index contributed by atoms with van der Waals surface area (Å²) in [5.41, 5.74) is 9.71. The number of nitrogens with zero attached hydrogens (tertiary/aromatic N) is 1. The number of hydrogen-bond donors (Lipinski definition) is 3. The van der Waals surface area contributed by atoms with Crippen molar-refractivity contribution in [1.82, 2.24) is 9.97 Å². The Bertz CT molecular complexity index is 1140. The molecule has 184 valence electrons. The molecular weight excluding hydrogens is 503 g/mol. The van der Waals surface area contributed by atoms with Crippen LogP contribution in [0.1, 0.15) is 19.3 Å². The highest BCUT2D eigenvalue weighted by atomic mass is 35.5. The summed E-state index contributed by atoms with van der Waals surface area (Å²) in [6.45, 7) is 0.827. The van der Waals surface area contributed by atoms with Crippen LogP contribution in [0.5, 0.6) is 11.5 Å². The number of ether oxygens (including phenoxy) is 2. The molecule has 3 rings (SSSR count). The number of aromatic nitrogens is 2. The van der Waals surface area contributed by atoms with Crippen LogP contribution in [0, 0.1) is 0 Å². The molecule has 7 N–H and O–H groups in total. The summed E-state index contributed by atoms with van der Waals surface area (Å²) in [5.74, 6) is 0.227. The maximum atomic E-state index is 12.4. The van der Waals surface area contributed by atoms with E-state index in [1.807, 2.05) is 12.1 Å². The molecule has 1 heterocycles. The number of carbonyl (C=O) groups excluding carboxylic acids is 1. The molecule has 0 radical (unpaired) electrons. The van der Waals surface area contributed by atoms with E-state index in [2.05, 4.69) is 21.4 Å². The van der Waals surface area contributed by atoms with Crippen LogP contribution < -0.4 is 51.4 Å². The molecule has 0 aliphatic heterocycles. The average molecular weight is 530 g/mol. The summed E-state index contributed by atoms with van der Waals surface area (Å²) in [6, 6.07) is 13.4. The van der Waals surface area contributed by atoms with E-state index >= 15 is 0 Å². The zero-order valence-corrected chi connectivity index (χ0v) is 20.9. The average Bonchev–Trinajstić information content (AvgIpc) is 2.79. The zero-order chi connectivity index (χ0) is 23.1. The minimum atomic E-state index is -0.482. The molecule has 0 aliphatic rings. The first-order chi connectivity index (χ1) is 15.4. The normalized spacial score (nSPS) is 11.1. The van der Waals surface area contributed by atoms with E-state index in [0.717, 1.165) is 24.9 Å². The minimum Gasteiger partial charge on any atom is -1.00 e. The van der Waals surface area contributed by atoms with Crippen LogP contribution in [-0.2, 0) is 4.79 Å². The van der Waals surface area contributed by atoms with Crippen molar-refractivity contribution >= 4 is 17.6 Å². The number of quaternary nitrogens is 2. The standard InChI is InChI=1S/C23H25ClN4O4.2ClH/c1-31-21-12-15(7-10-20(21)32-22(29)17(26)4-2-3-11-25)19-13-18(27-23(30)28-19)14-5-8-16(24)9-6-14;;/h5-10,12-13,17H,2-4,11,25-26H2,1H3,(H,27,28,30);2*1H/t17-;;/m1../s1. The molecule has 0 aliphatic carbocycles. The second kappa shape index (κ2) is 13.9. The lowest BCUT2D eigenvalue weighted by Crippen LogP contribution is -3.00. The number of hydrogen-bond acceptors (Lipinski definition) is 5. The van der Waals surface area contributed by atoms with Gasteiger partial charge in [0, 0.05) is 17.0 Å². The summed E-state index contributed by atoms with van der Waals surface area (Å²) < 4.78 is 10.9. The van der Waals surface area contributed by atoms with E-state index in [-0.39, 0.29) is 30.6 Å². The third-order valence-electron chi connectivity index (χ3n) is 4.96. The number of benzene rings is 2. The quantitative estimate of drug-likeness (QED) is 0.146. The van der Waals surface area contributed by atoms with Gasteiger partial charge in [0.05, 0.1) is 25.0 Å². The van der Waals surface area contributed by atoms with Gasteiger partial charge in [-0.25, -0.2) is 9.59 Å². The number of aromatic amines is 1. The lowest BCUT2D eigenvalue weighted by molar-refractivity contribution is -0.409. The van der Waals surface area contributed by atoms with Crippen molar-refractivity contribution in [1.29, 1.82) is 0 Å². The summed E-state index contributed by atoms with van der Waals surface area (Å²) in [6.07, 6.45) is 2.45. The molecule has 2 aromatic carbocycles. The number of H-pyrrole nitrogens is 1. The summed E-state index contributed by atoms with van der Waals surface area (Å²) in [7, 11) is 1.48. The van der Waals surface area contributed by atoms with Crippen molar-refractivity contribution in [2.45, 2.75) is 25.3 Å². The number of esters is 1. The third-order valence-corrected chi connectivity index (χ3v) is 5.21. The Morgan fingerprint density at radius 1 is 1.06 bits per heavy atom. The Morgan fingerprint density at radius 3 is 2.38 bits per heavy atom. The molecule has 0 unspecified atom stereocenters. The first kappa shape index (κ1) is 29.4. The van der Waals surface area contributed by atoms with Crippen molar-refractivity contribution in [2.24, 2.45) is 0 Å². The number of rotatable bonds is 9. The predicted molar refractivity (Wildman–Crippen MR) is 121 cm³/mol. The SMILES string of the molecule is COc1cc(-c2cc(-c3ccc(Cl)cc3)[nH]c(=O)n2)ccc1OC(=O)[C@H]([NH3+])CCCC[NH3+].[Cl-].[Cl-]. The molecule has 0 saturated carbocycles. The van der Waals surface area contributed by atoms with Crippen molar-refractivity contribution in [3.8, 4) is 34.0 Å². The topological polar surface area (TPSA) is 137 Å². The van der Waals surface area contributed by atoms with Crippen LogP contribution in [0.3, 0.4) is 0 Å². The van der Waals surface area contributed by atoms with Gasteiger partial charge in [-0.05, 0) is 54.8 Å². The lowest BCUT2D eigenvalue weighted by atomic mass is 10.1. The van der Waals surface area contributed by atoms with Crippen molar-refractivity contribution in [2.75, 3.05) is 13.7 Å². The highest BCUT2D eigenvalue weighted by Crippen LogP contribution is 2.33. The number of halogens is 3. The molecule has 3 aromatic rings. The smallest absolute Gasteiger partial charge is 0.370 e. The highest BCUT2D eigenvalue weighted by Gasteiger charge is 2.21. The lowest BCUT2D eigenvalue weighted by Gasteiger charge is -2.13. The Hall–Kier alpha value is -2.62. The van der Waals surface area contributed by atoms with E-state index < -0.39 is 17.7 Å². The van der Waals surface area contributed by atoms with Gasteiger partial charge in [0.2, 0.25) is 0 Å². The van der Waals surface area contributed by atoms with Gasteiger partial charge in [0.15, 0.2) is 17.5 Å². The fourth-order valence-corrected chi connectivity index (χ4v) is 3.30. The minimum absolute atomic E-state index is 0. The van der Waals surface area contributed by atoms with E-state index in [9.17, 15) is 9.59 Å². The molecule has 0 bridgehead atoms. The second-order valence-electron chi connectivity index (χ2n) is 7.33. The Balaban J connectivity index is 0.00000289. The van der Waals surface area contributed by atoms with E-state index in [1.165, 1.54) is 7.11 Å². The van der Waals surface area contributed by atoms with Crippen LogP contribution in [-0.4, -0.2) is 35.6 Å². The first-order valence-corrected chi connectivity index (χ1v) is 10.7. The Kier molecular flexibility index (Phi) is 12.1. The number of carbonyl (C=O) groups is 1. The molecule has 1 atom stereocenters. The van der Waals surface area contributed by atoms with Crippen LogP contribution in [0.2, 0.25) is 5.02 Å². The molecule has 1 aromatic heterocycles. The van der Waals surface area contributed by atoms with Gasteiger partial charge in [0.1, 0.15) is 0 Å².